The Morgan fingerprint density at radius 2 is 1.87 bits per heavy atom. The van der Waals surface area contributed by atoms with Crippen LogP contribution in [0.5, 0.6) is 5.75 Å². The first kappa shape index (κ1) is 15.4. The van der Waals surface area contributed by atoms with Crippen molar-refractivity contribution in [1.82, 2.24) is 4.98 Å². The molecular formula is C18H15NO3S. The van der Waals surface area contributed by atoms with Crippen LogP contribution in [0.1, 0.15) is 10.4 Å². The zero-order valence-corrected chi connectivity index (χ0v) is 13.6. The Kier molecular flexibility index (Phi) is 4.21. The van der Waals surface area contributed by atoms with Crippen molar-refractivity contribution in [3.8, 4) is 17.0 Å². The number of methoxy groups -OCH3 is 1. The first-order chi connectivity index (χ1) is 11.1. The lowest BCUT2D eigenvalue weighted by Crippen LogP contribution is -2.00. The van der Waals surface area contributed by atoms with Crippen LogP contribution in [0.4, 0.5) is 0 Å². The predicted octanol–water partition coefficient (Wildman–Crippen LogP) is 4.33. The Balaban J connectivity index is 2.20. The van der Waals surface area contributed by atoms with Crippen LogP contribution < -0.4 is 4.74 Å². The van der Waals surface area contributed by atoms with Gasteiger partial charge in [0.05, 0.1) is 23.9 Å². The molecule has 2 aromatic carbocycles. The van der Waals surface area contributed by atoms with Gasteiger partial charge in [0.1, 0.15) is 5.75 Å². The summed E-state index contributed by atoms with van der Waals surface area (Å²) in [6, 6.07) is 14.8. The molecule has 0 saturated carbocycles. The van der Waals surface area contributed by atoms with Gasteiger partial charge in [0.25, 0.3) is 0 Å². The third-order valence-electron chi connectivity index (χ3n) is 3.63. The molecule has 0 radical (unpaired) electrons. The second kappa shape index (κ2) is 6.30. The molecule has 0 aliphatic heterocycles. The van der Waals surface area contributed by atoms with Crippen LogP contribution in [0.2, 0.25) is 0 Å². The van der Waals surface area contributed by atoms with Crippen molar-refractivity contribution in [2.75, 3.05) is 13.4 Å². The maximum atomic E-state index is 11.6. The molecule has 0 amide bonds. The molecule has 3 rings (SSSR count). The highest BCUT2D eigenvalue weighted by Crippen LogP contribution is 2.28. The highest BCUT2D eigenvalue weighted by atomic mass is 32.2. The van der Waals surface area contributed by atoms with E-state index in [2.05, 4.69) is 4.98 Å². The van der Waals surface area contributed by atoms with E-state index in [0.717, 1.165) is 10.5 Å². The van der Waals surface area contributed by atoms with Crippen molar-refractivity contribution in [2.45, 2.75) is 4.90 Å². The molecule has 0 atom stereocenters. The fourth-order valence-electron chi connectivity index (χ4n) is 2.42. The van der Waals surface area contributed by atoms with E-state index in [1.165, 1.54) is 0 Å². The second-order valence-electron chi connectivity index (χ2n) is 4.97. The van der Waals surface area contributed by atoms with Gasteiger partial charge in [0.2, 0.25) is 0 Å². The molecule has 0 bridgehead atoms. The van der Waals surface area contributed by atoms with Gasteiger partial charge in [0.15, 0.2) is 0 Å². The number of ether oxygens (including phenoxy) is 1. The van der Waals surface area contributed by atoms with Crippen LogP contribution >= 0.6 is 11.8 Å². The molecule has 3 aromatic rings. The van der Waals surface area contributed by atoms with Crippen molar-refractivity contribution in [2.24, 2.45) is 0 Å². The molecule has 0 aliphatic rings. The Bertz CT molecular complexity index is 875. The third kappa shape index (κ3) is 3.00. The summed E-state index contributed by atoms with van der Waals surface area (Å²) in [4.78, 5) is 17.4. The maximum absolute atomic E-state index is 11.6. The van der Waals surface area contributed by atoms with Gasteiger partial charge in [-0.05, 0) is 42.7 Å². The molecule has 4 nitrogen and oxygen atoms in total. The molecule has 0 fully saturated rings. The van der Waals surface area contributed by atoms with Crippen molar-refractivity contribution in [3.63, 3.8) is 0 Å². The van der Waals surface area contributed by atoms with E-state index in [-0.39, 0.29) is 5.56 Å². The van der Waals surface area contributed by atoms with E-state index in [4.69, 9.17) is 4.74 Å². The fourth-order valence-corrected chi connectivity index (χ4v) is 2.83. The number of hydrogen-bond donors (Lipinski definition) is 1. The van der Waals surface area contributed by atoms with Crippen LogP contribution in [-0.2, 0) is 0 Å². The Labute approximate surface area is 138 Å². The number of carboxylic acids is 1. The number of nitrogens with zero attached hydrogens (tertiary/aromatic N) is 1. The van der Waals surface area contributed by atoms with E-state index >= 15 is 0 Å². The fraction of sp³-hybridized carbons (Fsp3) is 0.111. The number of fused-ring (bicyclic) bond motifs is 1. The number of aromatic nitrogens is 1. The number of thioether (sulfide) groups is 1. The Morgan fingerprint density at radius 1 is 1.13 bits per heavy atom. The molecule has 0 aliphatic carbocycles. The zero-order valence-electron chi connectivity index (χ0n) is 12.7. The summed E-state index contributed by atoms with van der Waals surface area (Å²) < 4.78 is 5.17. The van der Waals surface area contributed by atoms with Crippen molar-refractivity contribution in [1.29, 1.82) is 0 Å². The Morgan fingerprint density at radius 3 is 2.48 bits per heavy atom. The average molecular weight is 325 g/mol. The van der Waals surface area contributed by atoms with E-state index in [9.17, 15) is 9.90 Å². The summed E-state index contributed by atoms with van der Waals surface area (Å²) in [5.41, 5.74) is 2.39. The van der Waals surface area contributed by atoms with Crippen molar-refractivity contribution < 1.29 is 14.6 Å². The molecule has 0 unspecified atom stereocenters. The van der Waals surface area contributed by atoms with Gasteiger partial charge < -0.3 is 9.84 Å². The van der Waals surface area contributed by atoms with Gasteiger partial charge in [-0.3, -0.25) is 0 Å². The summed E-state index contributed by atoms with van der Waals surface area (Å²) in [5.74, 6) is -0.369. The SMILES string of the molecule is COc1ccc2nc(-c3ccc(SC)cc3)cc(C(=O)O)c2c1. The van der Waals surface area contributed by atoms with Crippen LogP contribution in [0, 0.1) is 0 Å². The molecule has 116 valence electrons. The number of rotatable bonds is 4. The molecular weight excluding hydrogens is 310 g/mol. The normalized spacial score (nSPS) is 10.7. The maximum Gasteiger partial charge on any atom is 0.336 e. The van der Waals surface area contributed by atoms with Gasteiger partial charge in [-0.2, -0.15) is 0 Å². The van der Waals surface area contributed by atoms with E-state index in [0.29, 0.717) is 22.3 Å². The number of carbonyl (C=O) groups is 1. The minimum atomic E-state index is -0.979. The molecule has 1 N–H and O–H groups in total. The first-order valence-electron chi connectivity index (χ1n) is 6.99. The molecule has 1 aromatic heterocycles. The highest BCUT2D eigenvalue weighted by molar-refractivity contribution is 7.98. The zero-order chi connectivity index (χ0) is 16.4. The molecule has 23 heavy (non-hydrogen) atoms. The highest BCUT2D eigenvalue weighted by Gasteiger charge is 2.13. The quantitative estimate of drug-likeness (QED) is 0.723. The van der Waals surface area contributed by atoms with Crippen LogP contribution in [0.15, 0.2) is 53.4 Å². The van der Waals surface area contributed by atoms with Gasteiger partial charge in [-0.1, -0.05) is 12.1 Å². The summed E-state index contributed by atoms with van der Waals surface area (Å²) in [7, 11) is 1.55. The number of benzene rings is 2. The van der Waals surface area contributed by atoms with Gasteiger partial charge in [-0.25, -0.2) is 9.78 Å². The van der Waals surface area contributed by atoms with Crippen molar-refractivity contribution in [3.05, 3.63) is 54.1 Å². The lowest BCUT2D eigenvalue weighted by Gasteiger charge is -2.09. The number of hydrogen-bond acceptors (Lipinski definition) is 4. The lowest BCUT2D eigenvalue weighted by atomic mass is 10.0. The number of pyridine rings is 1. The molecule has 0 spiro atoms. The van der Waals surface area contributed by atoms with Crippen LogP contribution in [0.3, 0.4) is 0 Å². The van der Waals surface area contributed by atoms with E-state index < -0.39 is 5.97 Å². The van der Waals surface area contributed by atoms with Crippen LogP contribution in [0.25, 0.3) is 22.2 Å². The largest absolute Gasteiger partial charge is 0.497 e. The van der Waals surface area contributed by atoms with Gasteiger partial charge in [-0.15, -0.1) is 11.8 Å². The lowest BCUT2D eigenvalue weighted by molar-refractivity contribution is 0.0699. The topological polar surface area (TPSA) is 59.4 Å². The van der Waals surface area contributed by atoms with E-state index in [1.807, 2.05) is 30.5 Å². The van der Waals surface area contributed by atoms with Crippen molar-refractivity contribution >= 4 is 28.6 Å². The summed E-state index contributed by atoms with van der Waals surface area (Å²) in [6.45, 7) is 0. The molecule has 5 heteroatoms. The Hall–Kier alpha value is -2.53. The third-order valence-corrected chi connectivity index (χ3v) is 4.38. The number of aromatic carboxylic acids is 1. The summed E-state index contributed by atoms with van der Waals surface area (Å²) in [5, 5.41) is 10.1. The summed E-state index contributed by atoms with van der Waals surface area (Å²) in [6.07, 6.45) is 2.01. The minimum absolute atomic E-state index is 0.220. The first-order valence-corrected chi connectivity index (χ1v) is 8.21. The smallest absolute Gasteiger partial charge is 0.336 e. The van der Waals surface area contributed by atoms with E-state index in [1.54, 1.807) is 43.1 Å². The monoisotopic (exact) mass is 325 g/mol. The van der Waals surface area contributed by atoms with Gasteiger partial charge >= 0.3 is 5.97 Å². The second-order valence-corrected chi connectivity index (χ2v) is 5.85. The van der Waals surface area contributed by atoms with Gasteiger partial charge in [0, 0.05) is 15.8 Å². The summed E-state index contributed by atoms with van der Waals surface area (Å²) >= 11 is 1.66. The predicted molar refractivity (Wildman–Crippen MR) is 92.5 cm³/mol. The minimum Gasteiger partial charge on any atom is -0.497 e. The average Bonchev–Trinajstić information content (AvgIpc) is 2.60. The standard InChI is InChI=1S/C18H15NO3S/c1-22-12-5-8-16-14(9-12)15(18(20)21)10-17(19-16)11-3-6-13(23-2)7-4-11/h3-10H,1-2H3,(H,20,21). The molecule has 0 saturated heterocycles. The number of carboxylic acid groups (broad SMARTS) is 1. The van der Waals surface area contributed by atoms with Crippen LogP contribution in [-0.4, -0.2) is 29.4 Å². The molecule has 1 heterocycles.